The van der Waals surface area contributed by atoms with Gasteiger partial charge < -0.3 is 5.73 Å². The Kier molecular flexibility index (Phi) is 4.17. The number of aromatic nitrogens is 1. The van der Waals surface area contributed by atoms with Crippen LogP contribution >= 0.6 is 0 Å². The molecule has 0 amide bonds. The highest BCUT2D eigenvalue weighted by Gasteiger charge is 2.15. The Morgan fingerprint density at radius 3 is 2.39 bits per heavy atom. The Morgan fingerprint density at radius 1 is 1.28 bits per heavy atom. The predicted octanol–water partition coefficient (Wildman–Crippen LogP) is -0.241. The Labute approximate surface area is 106 Å². The average Bonchev–Trinajstić information content (AvgIpc) is 2.20. The summed E-state index contributed by atoms with van der Waals surface area (Å²) in [4.78, 5) is 3.80. The van der Waals surface area contributed by atoms with Crippen molar-refractivity contribution in [3.8, 4) is 0 Å². The van der Waals surface area contributed by atoms with E-state index in [9.17, 15) is 16.8 Å². The second-order valence-electron chi connectivity index (χ2n) is 3.98. The first kappa shape index (κ1) is 14.7. The van der Waals surface area contributed by atoms with E-state index < -0.39 is 31.4 Å². The second-order valence-corrected chi connectivity index (χ2v) is 8.08. The highest BCUT2D eigenvalue weighted by Crippen LogP contribution is 2.14. The van der Waals surface area contributed by atoms with Gasteiger partial charge in [-0.2, -0.15) is 0 Å². The molecule has 0 saturated heterocycles. The van der Waals surface area contributed by atoms with Crippen molar-refractivity contribution in [3.05, 3.63) is 17.8 Å². The molecule has 0 unspecified atom stereocenters. The van der Waals surface area contributed by atoms with Gasteiger partial charge in [0.1, 0.15) is 15.7 Å². The molecule has 0 aliphatic carbocycles. The van der Waals surface area contributed by atoms with Crippen LogP contribution in [0.15, 0.2) is 12.3 Å². The summed E-state index contributed by atoms with van der Waals surface area (Å²) >= 11 is 0. The largest absolute Gasteiger partial charge is 0.397 e. The summed E-state index contributed by atoms with van der Waals surface area (Å²) < 4.78 is 47.2. The maximum atomic E-state index is 11.6. The molecule has 0 atom stereocenters. The topological polar surface area (TPSA) is 119 Å². The van der Waals surface area contributed by atoms with E-state index in [4.69, 9.17) is 5.73 Å². The van der Waals surface area contributed by atoms with Crippen LogP contribution in [0.4, 0.5) is 11.5 Å². The SMILES string of the molecule is Cc1cc(NS(=O)(=O)CCS(C)(=O)=O)ncc1N. The first-order valence-corrected chi connectivity index (χ1v) is 8.71. The van der Waals surface area contributed by atoms with Gasteiger partial charge in [-0.25, -0.2) is 21.8 Å². The van der Waals surface area contributed by atoms with Crippen molar-refractivity contribution < 1.29 is 16.8 Å². The van der Waals surface area contributed by atoms with Gasteiger partial charge in [-0.15, -0.1) is 0 Å². The number of pyridine rings is 1. The van der Waals surface area contributed by atoms with Gasteiger partial charge in [0.25, 0.3) is 0 Å². The number of hydrogen-bond donors (Lipinski definition) is 2. The third kappa shape index (κ3) is 4.88. The standard InChI is InChI=1S/C9H15N3O4S2/c1-7-5-9(11-6-8(7)10)12-18(15,16)4-3-17(2,13)14/h5-6H,3-4,10H2,1-2H3,(H,11,12). The molecule has 1 aromatic rings. The molecule has 0 bridgehead atoms. The average molecular weight is 293 g/mol. The number of hydrogen-bond acceptors (Lipinski definition) is 6. The lowest BCUT2D eigenvalue weighted by Gasteiger charge is -2.08. The van der Waals surface area contributed by atoms with Gasteiger partial charge in [0.2, 0.25) is 10.0 Å². The van der Waals surface area contributed by atoms with Crippen LogP contribution in [0.1, 0.15) is 5.56 Å². The van der Waals surface area contributed by atoms with Gasteiger partial charge in [-0.1, -0.05) is 0 Å². The maximum absolute atomic E-state index is 11.6. The van der Waals surface area contributed by atoms with Crippen molar-refractivity contribution in [3.63, 3.8) is 0 Å². The van der Waals surface area contributed by atoms with Crippen molar-refractivity contribution in [1.29, 1.82) is 0 Å². The molecule has 102 valence electrons. The fourth-order valence-corrected chi connectivity index (χ4v) is 3.71. The Balaban J connectivity index is 2.80. The molecular formula is C9H15N3O4S2. The van der Waals surface area contributed by atoms with Crippen LogP contribution in [0, 0.1) is 6.92 Å². The zero-order valence-electron chi connectivity index (χ0n) is 10.0. The number of rotatable bonds is 5. The van der Waals surface area contributed by atoms with Crippen LogP contribution in [0.2, 0.25) is 0 Å². The van der Waals surface area contributed by atoms with Crippen LogP contribution in [0.25, 0.3) is 0 Å². The predicted molar refractivity (Wildman–Crippen MR) is 70.5 cm³/mol. The molecule has 3 N–H and O–H groups in total. The molecule has 0 spiro atoms. The van der Waals surface area contributed by atoms with Crippen LogP contribution in [0.3, 0.4) is 0 Å². The minimum Gasteiger partial charge on any atom is -0.397 e. The molecule has 1 rings (SSSR count). The van der Waals surface area contributed by atoms with E-state index >= 15 is 0 Å². The fourth-order valence-electron chi connectivity index (χ4n) is 1.09. The molecule has 0 aliphatic rings. The summed E-state index contributed by atoms with van der Waals surface area (Å²) in [6.07, 6.45) is 2.32. The molecule has 0 aliphatic heterocycles. The number of sulfonamides is 1. The molecule has 0 fully saturated rings. The van der Waals surface area contributed by atoms with Gasteiger partial charge >= 0.3 is 0 Å². The van der Waals surface area contributed by atoms with Crippen molar-refractivity contribution in [2.75, 3.05) is 28.2 Å². The summed E-state index contributed by atoms with van der Waals surface area (Å²) in [6, 6.07) is 1.48. The van der Waals surface area contributed by atoms with Gasteiger partial charge in [-0.3, -0.25) is 4.72 Å². The number of sulfone groups is 1. The summed E-state index contributed by atoms with van der Waals surface area (Å²) in [5.74, 6) is -0.817. The van der Waals surface area contributed by atoms with E-state index in [-0.39, 0.29) is 5.82 Å². The first-order chi connectivity index (χ1) is 8.09. The lowest BCUT2D eigenvalue weighted by molar-refractivity contribution is 0.593. The van der Waals surface area contributed by atoms with Gasteiger partial charge in [0.15, 0.2) is 0 Å². The Morgan fingerprint density at radius 2 is 1.89 bits per heavy atom. The van der Waals surface area contributed by atoms with Gasteiger partial charge in [0, 0.05) is 6.26 Å². The summed E-state index contributed by atoms with van der Waals surface area (Å²) in [5.41, 5.74) is 6.69. The van der Waals surface area contributed by atoms with E-state index in [1.54, 1.807) is 6.92 Å². The molecule has 1 aromatic heterocycles. The van der Waals surface area contributed by atoms with Crippen LogP contribution < -0.4 is 10.5 Å². The lowest BCUT2D eigenvalue weighted by Crippen LogP contribution is -2.23. The molecule has 0 saturated carbocycles. The molecular weight excluding hydrogens is 278 g/mol. The van der Waals surface area contributed by atoms with E-state index in [2.05, 4.69) is 9.71 Å². The highest BCUT2D eigenvalue weighted by molar-refractivity contribution is 7.95. The summed E-state index contributed by atoms with van der Waals surface area (Å²) in [7, 11) is -7.05. The molecule has 9 heteroatoms. The van der Waals surface area contributed by atoms with Crippen LogP contribution in [-0.4, -0.2) is 39.6 Å². The maximum Gasteiger partial charge on any atom is 0.234 e. The van der Waals surface area contributed by atoms with E-state index in [0.717, 1.165) is 6.26 Å². The zero-order valence-corrected chi connectivity index (χ0v) is 11.7. The Hall–Kier alpha value is -1.35. The van der Waals surface area contributed by atoms with Crippen molar-refractivity contribution in [1.82, 2.24) is 4.98 Å². The van der Waals surface area contributed by atoms with Crippen molar-refractivity contribution in [2.24, 2.45) is 0 Å². The van der Waals surface area contributed by atoms with E-state index in [1.165, 1.54) is 12.3 Å². The number of nitrogens with two attached hydrogens (primary N) is 1. The smallest absolute Gasteiger partial charge is 0.234 e. The van der Waals surface area contributed by atoms with Crippen molar-refractivity contribution >= 4 is 31.4 Å². The minimum absolute atomic E-state index is 0.121. The quantitative estimate of drug-likeness (QED) is 0.773. The molecule has 0 radical (unpaired) electrons. The monoisotopic (exact) mass is 293 g/mol. The van der Waals surface area contributed by atoms with Gasteiger partial charge in [-0.05, 0) is 18.6 Å². The van der Waals surface area contributed by atoms with E-state index in [0.29, 0.717) is 11.3 Å². The third-order valence-corrected chi connectivity index (χ3v) is 4.60. The van der Waals surface area contributed by atoms with E-state index in [1.807, 2.05) is 0 Å². The number of nitrogens with zero attached hydrogens (tertiary/aromatic N) is 1. The lowest BCUT2D eigenvalue weighted by atomic mass is 10.2. The minimum atomic E-state index is -3.73. The number of nitrogen functional groups attached to an aromatic ring is 1. The highest BCUT2D eigenvalue weighted by atomic mass is 32.2. The van der Waals surface area contributed by atoms with Crippen LogP contribution in [-0.2, 0) is 19.9 Å². The number of aryl methyl sites for hydroxylation is 1. The molecule has 7 nitrogen and oxygen atoms in total. The number of nitrogens with one attached hydrogen (secondary N) is 1. The molecule has 0 aromatic carbocycles. The fraction of sp³-hybridized carbons (Fsp3) is 0.444. The third-order valence-electron chi connectivity index (χ3n) is 2.13. The Bertz CT molecular complexity index is 638. The summed E-state index contributed by atoms with van der Waals surface area (Å²) in [6.45, 7) is 1.71. The number of anilines is 2. The zero-order chi connectivity index (χ0) is 14.0. The van der Waals surface area contributed by atoms with Crippen LogP contribution in [0.5, 0.6) is 0 Å². The second kappa shape index (κ2) is 5.11. The summed E-state index contributed by atoms with van der Waals surface area (Å²) in [5, 5.41) is 0. The molecule has 1 heterocycles. The molecule has 18 heavy (non-hydrogen) atoms. The normalized spacial score (nSPS) is 12.3. The van der Waals surface area contributed by atoms with Crippen molar-refractivity contribution in [2.45, 2.75) is 6.92 Å². The first-order valence-electron chi connectivity index (χ1n) is 4.99. The van der Waals surface area contributed by atoms with Gasteiger partial charge in [0.05, 0.1) is 23.4 Å².